The second-order valence-corrected chi connectivity index (χ2v) is 5.67. The first kappa shape index (κ1) is 13.6. The number of rotatable bonds is 2. The molecule has 0 radical (unpaired) electrons. The van der Waals surface area contributed by atoms with Gasteiger partial charge in [0.05, 0.1) is 5.69 Å². The zero-order valence-corrected chi connectivity index (χ0v) is 12.5. The van der Waals surface area contributed by atoms with Crippen molar-refractivity contribution in [1.82, 2.24) is 0 Å². The summed E-state index contributed by atoms with van der Waals surface area (Å²) in [4.78, 5) is 6.32. The molecule has 4 nitrogen and oxygen atoms in total. The van der Waals surface area contributed by atoms with Gasteiger partial charge in [0, 0.05) is 25.3 Å². The van der Waals surface area contributed by atoms with E-state index in [1.807, 2.05) is 68.4 Å². The lowest BCUT2D eigenvalue weighted by Crippen LogP contribution is -2.39. The Morgan fingerprint density at radius 1 is 1.14 bits per heavy atom. The van der Waals surface area contributed by atoms with Gasteiger partial charge in [-0.05, 0) is 30.7 Å². The number of hydrogen-bond acceptors (Lipinski definition) is 4. The lowest BCUT2D eigenvalue weighted by molar-refractivity contribution is 0.158. The topological polar surface area (TPSA) is 61.8 Å². The van der Waals surface area contributed by atoms with Gasteiger partial charge in [0.1, 0.15) is 5.84 Å². The largest absolute Gasteiger partial charge is 0.384 e. The van der Waals surface area contributed by atoms with Gasteiger partial charge in [-0.3, -0.25) is 0 Å². The second-order valence-electron chi connectivity index (χ2n) is 5.67. The number of nitrogens with two attached hydrogens (primary N) is 1. The van der Waals surface area contributed by atoms with Crippen molar-refractivity contribution in [2.45, 2.75) is 12.5 Å². The molecule has 0 spiro atoms. The van der Waals surface area contributed by atoms with E-state index in [4.69, 9.17) is 5.73 Å². The molecule has 3 N–H and O–H groups in total. The molecule has 4 heteroatoms. The Morgan fingerprint density at radius 3 is 2.62 bits per heavy atom. The molecule has 0 fully saturated rings. The molecule has 21 heavy (non-hydrogen) atoms. The van der Waals surface area contributed by atoms with Gasteiger partial charge in [-0.2, -0.15) is 0 Å². The lowest BCUT2D eigenvalue weighted by atomic mass is 9.85. The average molecular weight is 281 g/mol. The smallest absolute Gasteiger partial charge is 0.174 e. The van der Waals surface area contributed by atoms with E-state index in [0.29, 0.717) is 0 Å². The molecule has 1 heterocycles. The standard InChI is InChI=1S/C17H19N3O/c1-11-7-8-15-14(9-11)17(21,16(18)19-15)12-5-4-6-13(10-12)20(2)3/h4-10,21H,1-3H3,(H2,18,19). The van der Waals surface area contributed by atoms with Gasteiger partial charge in [0.2, 0.25) is 0 Å². The molecular formula is C17H19N3O. The van der Waals surface area contributed by atoms with Crippen LogP contribution in [0.15, 0.2) is 47.5 Å². The molecule has 1 aliphatic rings. The molecule has 0 saturated carbocycles. The summed E-state index contributed by atoms with van der Waals surface area (Å²) in [6, 6.07) is 13.5. The Balaban J connectivity index is 2.20. The van der Waals surface area contributed by atoms with Crippen molar-refractivity contribution in [3.63, 3.8) is 0 Å². The predicted molar refractivity (Wildman–Crippen MR) is 86.2 cm³/mol. The van der Waals surface area contributed by atoms with Gasteiger partial charge in [-0.15, -0.1) is 0 Å². The van der Waals surface area contributed by atoms with Crippen LogP contribution in [0.2, 0.25) is 0 Å². The molecule has 0 saturated heterocycles. The summed E-state index contributed by atoms with van der Waals surface area (Å²) in [6.07, 6.45) is 0. The van der Waals surface area contributed by atoms with E-state index in [9.17, 15) is 5.11 Å². The van der Waals surface area contributed by atoms with E-state index in [1.54, 1.807) is 0 Å². The van der Waals surface area contributed by atoms with Crippen molar-refractivity contribution in [3.8, 4) is 0 Å². The molecule has 0 aromatic heterocycles. The maximum atomic E-state index is 11.2. The number of nitrogens with zero attached hydrogens (tertiary/aromatic N) is 2. The van der Waals surface area contributed by atoms with Crippen LogP contribution in [0.1, 0.15) is 16.7 Å². The highest BCUT2D eigenvalue weighted by Crippen LogP contribution is 2.42. The highest BCUT2D eigenvalue weighted by Gasteiger charge is 2.42. The molecule has 0 amide bonds. The number of aliphatic hydroxyl groups is 1. The van der Waals surface area contributed by atoms with Crippen molar-refractivity contribution >= 4 is 17.2 Å². The quantitative estimate of drug-likeness (QED) is 0.888. The molecule has 1 unspecified atom stereocenters. The van der Waals surface area contributed by atoms with Crippen molar-refractivity contribution in [2.75, 3.05) is 19.0 Å². The number of amidine groups is 1. The van der Waals surface area contributed by atoms with Crippen LogP contribution in [0, 0.1) is 6.92 Å². The van der Waals surface area contributed by atoms with E-state index < -0.39 is 5.60 Å². The molecule has 2 aromatic carbocycles. The fourth-order valence-electron chi connectivity index (χ4n) is 2.70. The Hall–Kier alpha value is -2.33. The first-order valence-electron chi connectivity index (χ1n) is 6.89. The minimum atomic E-state index is -1.35. The maximum absolute atomic E-state index is 11.2. The molecule has 0 aliphatic carbocycles. The summed E-state index contributed by atoms with van der Waals surface area (Å²) in [5, 5.41) is 11.2. The summed E-state index contributed by atoms with van der Waals surface area (Å²) in [6.45, 7) is 1.99. The number of aryl methyl sites for hydroxylation is 1. The van der Waals surface area contributed by atoms with Gasteiger partial charge in [-0.25, -0.2) is 4.99 Å². The Bertz CT molecular complexity index is 737. The number of benzene rings is 2. The Labute approximate surface area is 124 Å². The monoisotopic (exact) mass is 281 g/mol. The van der Waals surface area contributed by atoms with Gasteiger partial charge in [0.25, 0.3) is 0 Å². The van der Waals surface area contributed by atoms with Crippen molar-refractivity contribution in [3.05, 3.63) is 59.2 Å². The molecule has 1 aliphatic heterocycles. The average Bonchev–Trinajstić information content (AvgIpc) is 2.72. The van der Waals surface area contributed by atoms with Crippen LogP contribution in [0.4, 0.5) is 11.4 Å². The predicted octanol–water partition coefficient (Wildman–Crippen LogP) is 2.30. The van der Waals surface area contributed by atoms with Gasteiger partial charge < -0.3 is 15.7 Å². The Morgan fingerprint density at radius 2 is 1.90 bits per heavy atom. The minimum Gasteiger partial charge on any atom is -0.384 e. The lowest BCUT2D eigenvalue weighted by Gasteiger charge is -2.26. The SMILES string of the molecule is Cc1ccc2c(c1)C(O)(c1cccc(N(C)C)c1)C(N)=N2. The third-order valence-electron chi connectivity index (χ3n) is 3.93. The number of aliphatic imine (C=N–C) groups is 1. The molecule has 3 rings (SSSR count). The van der Waals surface area contributed by atoms with Crippen molar-refractivity contribution < 1.29 is 5.11 Å². The summed E-state index contributed by atoms with van der Waals surface area (Å²) in [5.41, 5.74) is 9.00. The van der Waals surface area contributed by atoms with E-state index in [1.165, 1.54) is 0 Å². The number of fused-ring (bicyclic) bond motifs is 1. The highest BCUT2D eigenvalue weighted by molar-refractivity contribution is 6.00. The first-order valence-corrected chi connectivity index (χ1v) is 6.89. The molecule has 0 bridgehead atoms. The second kappa shape index (κ2) is 4.60. The Kier molecular flexibility index (Phi) is 2.99. The van der Waals surface area contributed by atoms with Crippen LogP contribution >= 0.6 is 0 Å². The van der Waals surface area contributed by atoms with Gasteiger partial charge in [0.15, 0.2) is 5.60 Å². The van der Waals surface area contributed by atoms with E-state index in [0.717, 1.165) is 28.1 Å². The molecule has 108 valence electrons. The van der Waals surface area contributed by atoms with Crippen LogP contribution in [0.25, 0.3) is 0 Å². The minimum absolute atomic E-state index is 0.221. The molecular weight excluding hydrogens is 262 g/mol. The first-order chi connectivity index (χ1) is 9.92. The van der Waals surface area contributed by atoms with Crippen LogP contribution in [-0.2, 0) is 5.60 Å². The van der Waals surface area contributed by atoms with Gasteiger partial charge >= 0.3 is 0 Å². The zero-order chi connectivity index (χ0) is 15.2. The maximum Gasteiger partial charge on any atom is 0.174 e. The van der Waals surface area contributed by atoms with Crippen molar-refractivity contribution in [2.24, 2.45) is 10.7 Å². The normalized spacial score (nSPS) is 20.1. The third kappa shape index (κ3) is 1.99. The fraction of sp³-hybridized carbons (Fsp3) is 0.235. The molecule has 2 aromatic rings. The molecule has 1 atom stereocenters. The summed E-state index contributed by atoms with van der Waals surface area (Å²) in [5.74, 6) is 0.221. The summed E-state index contributed by atoms with van der Waals surface area (Å²) < 4.78 is 0. The summed E-state index contributed by atoms with van der Waals surface area (Å²) in [7, 11) is 3.93. The third-order valence-corrected chi connectivity index (χ3v) is 3.93. The van der Waals surface area contributed by atoms with E-state index in [-0.39, 0.29) is 5.84 Å². The van der Waals surface area contributed by atoms with E-state index in [2.05, 4.69) is 4.99 Å². The van der Waals surface area contributed by atoms with Gasteiger partial charge in [-0.1, -0.05) is 29.8 Å². The van der Waals surface area contributed by atoms with Crippen LogP contribution < -0.4 is 10.6 Å². The zero-order valence-electron chi connectivity index (χ0n) is 12.5. The highest BCUT2D eigenvalue weighted by atomic mass is 16.3. The van der Waals surface area contributed by atoms with Crippen LogP contribution in [0.5, 0.6) is 0 Å². The van der Waals surface area contributed by atoms with E-state index >= 15 is 0 Å². The van der Waals surface area contributed by atoms with Crippen LogP contribution in [0.3, 0.4) is 0 Å². The van der Waals surface area contributed by atoms with Crippen molar-refractivity contribution in [1.29, 1.82) is 0 Å². The number of anilines is 1. The van der Waals surface area contributed by atoms with Crippen LogP contribution in [-0.4, -0.2) is 25.0 Å². The fourth-order valence-corrected chi connectivity index (χ4v) is 2.70. The number of hydrogen-bond donors (Lipinski definition) is 2. The summed E-state index contributed by atoms with van der Waals surface area (Å²) >= 11 is 0.